The molecule has 5 nitrogen and oxygen atoms in total. The molecule has 1 aromatic carbocycles. The average molecular weight is 402 g/mol. The summed E-state index contributed by atoms with van der Waals surface area (Å²) in [6, 6.07) is 13.0. The number of likely N-dealkylation sites (tertiary alicyclic amines) is 1. The molecule has 0 saturated carbocycles. The Morgan fingerprint density at radius 2 is 1.69 bits per heavy atom. The first-order valence-electron chi connectivity index (χ1n) is 11.4. The van der Waals surface area contributed by atoms with Gasteiger partial charge in [0.2, 0.25) is 0 Å². The van der Waals surface area contributed by atoms with E-state index in [4.69, 9.17) is 0 Å². The molecule has 0 bridgehead atoms. The standard InChI is InChI=1S/C24H43N5/c1-19(2)29(20(3)4)16-10-15-26-24(25-6)27-23-13-17-28(18-14-23)21(5)22-11-8-7-9-12-22/h7-9,11-12,19-21,23H,10,13-18H2,1-6H3,(H2,25,26,27). The lowest BCUT2D eigenvalue weighted by Crippen LogP contribution is -2.49. The zero-order valence-electron chi connectivity index (χ0n) is 19.5. The number of aliphatic imine (C=N–C) groups is 1. The first kappa shape index (κ1) is 23.7. The molecule has 2 N–H and O–H groups in total. The van der Waals surface area contributed by atoms with Crippen molar-refractivity contribution in [3.8, 4) is 0 Å². The van der Waals surface area contributed by atoms with Crippen LogP contribution in [-0.2, 0) is 0 Å². The van der Waals surface area contributed by atoms with Crippen molar-refractivity contribution in [3.05, 3.63) is 35.9 Å². The summed E-state index contributed by atoms with van der Waals surface area (Å²) >= 11 is 0. The SMILES string of the molecule is CN=C(NCCCN(C(C)C)C(C)C)NC1CCN(C(C)c2ccccc2)CC1. The van der Waals surface area contributed by atoms with Crippen LogP contribution in [0.1, 0.15) is 65.5 Å². The highest BCUT2D eigenvalue weighted by molar-refractivity contribution is 5.79. The summed E-state index contributed by atoms with van der Waals surface area (Å²) in [6.07, 6.45) is 3.45. The lowest BCUT2D eigenvalue weighted by atomic mass is 10.0. The molecule has 29 heavy (non-hydrogen) atoms. The van der Waals surface area contributed by atoms with E-state index in [1.54, 1.807) is 0 Å². The minimum Gasteiger partial charge on any atom is -0.356 e. The highest BCUT2D eigenvalue weighted by atomic mass is 15.2. The lowest BCUT2D eigenvalue weighted by molar-refractivity contribution is 0.158. The number of guanidine groups is 1. The number of piperidine rings is 1. The number of nitrogens with one attached hydrogen (secondary N) is 2. The van der Waals surface area contributed by atoms with E-state index in [0.29, 0.717) is 24.2 Å². The molecular weight excluding hydrogens is 358 g/mol. The summed E-state index contributed by atoms with van der Waals surface area (Å²) in [5, 5.41) is 7.15. The van der Waals surface area contributed by atoms with Gasteiger partial charge in [-0.2, -0.15) is 0 Å². The molecule has 1 fully saturated rings. The van der Waals surface area contributed by atoms with Gasteiger partial charge in [0.15, 0.2) is 5.96 Å². The second-order valence-electron chi connectivity index (χ2n) is 8.82. The van der Waals surface area contributed by atoms with Crippen LogP contribution in [0.25, 0.3) is 0 Å². The van der Waals surface area contributed by atoms with Crippen LogP contribution in [0.2, 0.25) is 0 Å². The van der Waals surface area contributed by atoms with Gasteiger partial charge in [-0.15, -0.1) is 0 Å². The van der Waals surface area contributed by atoms with Crippen molar-refractivity contribution < 1.29 is 0 Å². The molecule has 5 heteroatoms. The fourth-order valence-corrected chi connectivity index (χ4v) is 4.34. The summed E-state index contributed by atoms with van der Waals surface area (Å²) in [7, 11) is 1.87. The molecule has 0 spiro atoms. The van der Waals surface area contributed by atoms with Gasteiger partial charge in [0.05, 0.1) is 0 Å². The van der Waals surface area contributed by atoms with Crippen molar-refractivity contribution >= 4 is 5.96 Å². The van der Waals surface area contributed by atoms with Gasteiger partial charge in [-0.05, 0) is 59.4 Å². The van der Waals surface area contributed by atoms with Crippen molar-refractivity contribution in [2.75, 3.05) is 33.2 Å². The molecule has 1 aliphatic heterocycles. The Bertz CT molecular complexity index is 583. The largest absolute Gasteiger partial charge is 0.356 e. The van der Waals surface area contributed by atoms with Gasteiger partial charge in [-0.3, -0.25) is 14.8 Å². The van der Waals surface area contributed by atoms with Gasteiger partial charge in [0.1, 0.15) is 0 Å². The van der Waals surface area contributed by atoms with Gasteiger partial charge < -0.3 is 10.6 Å². The first-order valence-corrected chi connectivity index (χ1v) is 11.4. The molecule has 0 aromatic heterocycles. The minimum atomic E-state index is 0.486. The van der Waals surface area contributed by atoms with Crippen molar-refractivity contribution in [1.29, 1.82) is 0 Å². The fraction of sp³-hybridized carbons (Fsp3) is 0.708. The molecular formula is C24H43N5. The summed E-state index contributed by atoms with van der Waals surface area (Å²) < 4.78 is 0. The summed E-state index contributed by atoms with van der Waals surface area (Å²) in [4.78, 5) is 9.57. The van der Waals surface area contributed by atoms with Gasteiger partial charge >= 0.3 is 0 Å². The molecule has 1 atom stereocenters. The third-order valence-electron chi connectivity index (χ3n) is 6.14. The van der Waals surface area contributed by atoms with Crippen LogP contribution in [-0.4, -0.2) is 67.1 Å². The Kier molecular flexibility index (Phi) is 9.95. The Morgan fingerprint density at radius 3 is 2.24 bits per heavy atom. The van der Waals surface area contributed by atoms with Crippen molar-refractivity contribution in [1.82, 2.24) is 20.4 Å². The van der Waals surface area contributed by atoms with Crippen molar-refractivity contribution in [2.24, 2.45) is 4.99 Å². The molecule has 2 rings (SSSR count). The number of benzene rings is 1. The molecule has 0 amide bonds. The molecule has 1 aromatic rings. The lowest BCUT2D eigenvalue weighted by Gasteiger charge is -2.37. The maximum Gasteiger partial charge on any atom is 0.191 e. The van der Waals surface area contributed by atoms with Crippen LogP contribution in [0.5, 0.6) is 0 Å². The molecule has 1 aliphatic rings. The third-order valence-corrected chi connectivity index (χ3v) is 6.14. The van der Waals surface area contributed by atoms with E-state index in [2.05, 4.69) is 90.4 Å². The third kappa shape index (κ3) is 7.63. The normalized spacial score (nSPS) is 17.9. The zero-order chi connectivity index (χ0) is 21.2. The number of rotatable bonds is 9. The summed E-state index contributed by atoms with van der Waals surface area (Å²) in [5.74, 6) is 0.945. The van der Waals surface area contributed by atoms with Crippen LogP contribution < -0.4 is 10.6 Å². The van der Waals surface area contributed by atoms with Gasteiger partial charge in [-0.1, -0.05) is 30.3 Å². The highest BCUT2D eigenvalue weighted by Gasteiger charge is 2.24. The summed E-state index contributed by atoms with van der Waals surface area (Å²) in [6.45, 7) is 15.8. The number of nitrogens with zero attached hydrogens (tertiary/aromatic N) is 3. The molecule has 1 saturated heterocycles. The molecule has 1 heterocycles. The Labute approximate surface area is 179 Å². The van der Waals surface area contributed by atoms with E-state index >= 15 is 0 Å². The maximum atomic E-state index is 4.44. The second kappa shape index (κ2) is 12.2. The predicted octanol–water partition coefficient (Wildman–Crippen LogP) is 3.89. The maximum absolute atomic E-state index is 4.44. The molecule has 0 aliphatic carbocycles. The monoisotopic (exact) mass is 401 g/mol. The van der Waals surface area contributed by atoms with E-state index in [0.717, 1.165) is 51.4 Å². The van der Waals surface area contributed by atoms with Crippen molar-refractivity contribution in [3.63, 3.8) is 0 Å². The predicted molar refractivity (Wildman–Crippen MR) is 126 cm³/mol. The highest BCUT2D eigenvalue weighted by Crippen LogP contribution is 2.23. The smallest absolute Gasteiger partial charge is 0.191 e. The Hall–Kier alpha value is -1.59. The fourth-order valence-electron chi connectivity index (χ4n) is 4.34. The van der Waals surface area contributed by atoms with Crippen LogP contribution in [0.15, 0.2) is 35.3 Å². The van der Waals surface area contributed by atoms with E-state index < -0.39 is 0 Å². The zero-order valence-corrected chi connectivity index (χ0v) is 19.5. The van der Waals surface area contributed by atoms with E-state index in [1.807, 2.05) is 7.05 Å². The van der Waals surface area contributed by atoms with E-state index in [9.17, 15) is 0 Å². The van der Waals surface area contributed by atoms with Gasteiger partial charge in [0, 0.05) is 57.4 Å². The van der Waals surface area contributed by atoms with Crippen LogP contribution in [0, 0.1) is 0 Å². The Balaban J connectivity index is 1.70. The molecule has 164 valence electrons. The quantitative estimate of drug-likeness (QED) is 0.374. The van der Waals surface area contributed by atoms with Gasteiger partial charge in [-0.25, -0.2) is 0 Å². The Morgan fingerprint density at radius 1 is 1.07 bits per heavy atom. The number of hydrogen-bond acceptors (Lipinski definition) is 3. The van der Waals surface area contributed by atoms with Crippen molar-refractivity contribution in [2.45, 2.75) is 78.0 Å². The summed E-state index contributed by atoms with van der Waals surface area (Å²) in [5.41, 5.74) is 1.41. The van der Waals surface area contributed by atoms with E-state index in [-0.39, 0.29) is 0 Å². The van der Waals surface area contributed by atoms with Crippen LogP contribution in [0.4, 0.5) is 0 Å². The first-order chi connectivity index (χ1) is 13.9. The van der Waals surface area contributed by atoms with Crippen LogP contribution in [0.3, 0.4) is 0 Å². The number of hydrogen-bond donors (Lipinski definition) is 2. The average Bonchev–Trinajstić information content (AvgIpc) is 2.72. The van der Waals surface area contributed by atoms with E-state index in [1.165, 1.54) is 5.56 Å². The minimum absolute atomic E-state index is 0.486. The molecule has 0 radical (unpaired) electrons. The second-order valence-corrected chi connectivity index (χ2v) is 8.82. The van der Waals surface area contributed by atoms with Gasteiger partial charge in [0.25, 0.3) is 0 Å². The van der Waals surface area contributed by atoms with Crippen LogP contribution >= 0.6 is 0 Å². The topological polar surface area (TPSA) is 42.9 Å². The molecule has 1 unspecified atom stereocenters.